The van der Waals surface area contributed by atoms with Gasteiger partial charge in [-0.2, -0.15) is 10.4 Å². The Morgan fingerprint density at radius 1 is 1.17 bits per heavy atom. The number of amides is 1. The minimum Gasteiger partial charge on any atom is -0.412 e. The van der Waals surface area contributed by atoms with Gasteiger partial charge in [-0.15, -0.1) is 0 Å². The van der Waals surface area contributed by atoms with Crippen molar-refractivity contribution in [3.63, 3.8) is 0 Å². The summed E-state index contributed by atoms with van der Waals surface area (Å²) < 4.78 is 14.8. The molecule has 10 heteroatoms. The number of nitrogens with one attached hydrogen (secondary N) is 1. The number of aromatic nitrogens is 2. The van der Waals surface area contributed by atoms with Crippen LogP contribution in [0.15, 0.2) is 48.7 Å². The SMILES string of the molecule is Cc1c(C(=O)Nc2ccc(N3CCCN(CCO)CC3)c(C#N)c2)cnn1-c1ccc(F)cc1.O. The van der Waals surface area contributed by atoms with Gasteiger partial charge in [0.1, 0.15) is 11.9 Å². The molecule has 1 saturated heterocycles. The van der Waals surface area contributed by atoms with Gasteiger partial charge in [0, 0.05) is 31.9 Å². The van der Waals surface area contributed by atoms with Crippen LogP contribution in [0.5, 0.6) is 0 Å². The van der Waals surface area contributed by atoms with Gasteiger partial charge in [0.25, 0.3) is 5.91 Å². The smallest absolute Gasteiger partial charge is 0.259 e. The summed E-state index contributed by atoms with van der Waals surface area (Å²) in [7, 11) is 0. The van der Waals surface area contributed by atoms with Crippen molar-refractivity contribution in [1.29, 1.82) is 5.26 Å². The molecule has 35 heavy (non-hydrogen) atoms. The van der Waals surface area contributed by atoms with E-state index in [9.17, 15) is 19.6 Å². The van der Waals surface area contributed by atoms with Crippen LogP contribution in [0.1, 0.15) is 28.0 Å². The zero-order valence-corrected chi connectivity index (χ0v) is 19.5. The Morgan fingerprint density at radius 3 is 2.66 bits per heavy atom. The van der Waals surface area contributed by atoms with Gasteiger partial charge in [-0.05, 0) is 62.4 Å². The molecule has 0 saturated carbocycles. The topological polar surface area (TPSA) is 129 Å². The Bertz CT molecular complexity index is 1200. The Balaban J connectivity index is 0.00000342. The van der Waals surface area contributed by atoms with E-state index in [-0.39, 0.29) is 23.8 Å². The van der Waals surface area contributed by atoms with Gasteiger partial charge in [-0.3, -0.25) is 9.69 Å². The Hall–Kier alpha value is -3.78. The van der Waals surface area contributed by atoms with E-state index in [1.807, 2.05) is 6.07 Å². The zero-order valence-electron chi connectivity index (χ0n) is 19.5. The number of aliphatic hydroxyl groups excluding tert-OH is 1. The predicted molar refractivity (Wildman–Crippen MR) is 131 cm³/mol. The number of nitrogens with zero attached hydrogens (tertiary/aromatic N) is 5. The summed E-state index contributed by atoms with van der Waals surface area (Å²) in [5.74, 6) is -0.678. The normalized spacial score (nSPS) is 14.1. The number of rotatable bonds is 6. The van der Waals surface area contributed by atoms with Crippen LogP contribution in [-0.2, 0) is 0 Å². The lowest BCUT2D eigenvalue weighted by molar-refractivity contribution is 0.102. The number of benzene rings is 2. The number of hydrogen-bond acceptors (Lipinski definition) is 6. The van der Waals surface area contributed by atoms with E-state index in [2.05, 4.69) is 26.3 Å². The quantitative estimate of drug-likeness (QED) is 0.556. The van der Waals surface area contributed by atoms with Crippen LogP contribution < -0.4 is 10.2 Å². The highest BCUT2D eigenvalue weighted by Crippen LogP contribution is 2.26. The van der Waals surface area contributed by atoms with Crippen molar-refractivity contribution in [3.8, 4) is 11.8 Å². The van der Waals surface area contributed by atoms with E-state index in [1.54, 1.807) is 35.9 Å². The molecular formula is C25H29FN6O3. The third-order valence-electron chi connectivity index (χ3n) is 6.05. The molecule has 0 bridgehead atoms. The molecule has 3 aromatic rings. The van der Waals surface area contributed by atoms with Gasteiger partial charge in [-0.1, -0.05) is 0 Å². The second-order valence-electron chi connectivity index (χ2n) is 8.24. The fourth-order valence-corrected chi connectivity index (χ4v) is 4.23. The van der Waals surface area contributed by atoms with E-state index in [1.165, 1.54) is 18.3 Å². The van der Waals surface area contributed by atoms with Crippen molar-refractivity contribution in [1.82, 2.24) is 14.7 Å². The summed E-state index contributed by atoms with van der Waals surface area (Å²) in [5.41, 5.74) is 3.53. The lowest BCUT2D eigenvalue weighted by Gasteiger charge is -2.24. The number of aliphatic hydroxyl groups is 1. The summed E-state index contributed by atoms with van der Waals surface area (Å²) in [6.45, 7) is 5.89. The Labute approximate surface area is 203 Å². The van der Waals surface area contributed by atoms with Gasteiger partial charge in [-0.25, -0.2) is 9.07 Å². The summed E-state index contributed by atoms with van der Waals surface area (Å²) in [5, 5.41) is 26.1. The molecule has 1 aromatic heterocycles. The predicted octanol–water partition coefficient (Wildman–Crippen LogP) is 2.12. The van der Waals surface area contributed by atoms with Crippen LogP contribution in [0.25, 0.3) is 5.69 Å². The highest BCUT2D eigenvalue weighted by molar-refractivity contribution is 6.05. The van der Waals surface area contributed by atoms with Crippen molar-refractivity contribution in [3.05, 3.63) is 71.3 Å². The summed E-state index contributed by atoms with van der Waals surface area (Å²) in [4.78, 5) is 17.3. The summed E-state index contributed by atoms with van der Waals surface area (Å²) in [6, 6.07) is 13.5. The maximum atomic E-state index is 13.2. The first kappa shape index (κ1) is 25.8. The first-order valence-corrected chi connectivity index (χ1v) is 11.2. The summed E-state index contributed by atoms with van der Waals surface area (Å²) >= 11 is 0. The van der Waals surface area contributed by atoms with E-state index in [0.717, 1.165) is 38.3 Å². The number of anilines is 2. The first-order valence-electron chi connectivity index (χ1n) is 11.2. The van der Waals surface area contributed by atoms with Crippen LogP contribution in [0.4, 0.5) is 15.8 Å². The van der Waals surface area contributed by atoms with Gasteiger partial charge >= 0.3 is 0 Å². The van der Waals surface area contributed by atoms with Gasteiger partial charge in [0.2, 0.25) is 0 Å². The van der Waals surface area contributed by atoms with Crippen molar-refractivity contribution >= 4 is 17.3 Å². The monoisotopic (exact) mass is 480 g/mol. The number of carbonyl (C=O) groups excluding carboxylic acids is 1. The molecule has 2 aromatic carbocycles. The largest absolute Gasteiger partial charge is 0.412 e. The molecule has 184 valence electrons. The number of nitriles is 1. The van der Waals surface area contributed by atoms with Crippen molar-refractivity contribution in [2.45, 2.75) is 13.3 Å². The highest BCUT2D eigenvalue weighted by Gasteiger charge is 2.19. The molecule has 0 aliphatic carbocycles. The first-order chi connectivity index (χ1) is 16.5. The molecular weight excluding hydrogens is 451 g/mol. The number of carbonyl (C=O) groups is 1. The molecule has 0 radical (unpaired) electrons. The number of β-amino-alcohol motifs (C(OH)–C–C–N with tert-alkyl or cyclic N) is 1. The molecule has 0 atom stereocenters. The molecule has 1 fully saturated rings. The lowest BCUT2D eigenvalue weighted by Crippen LogP contribution is -2.32. The van der Waals surface area contributed by atoms with E-state index < -0.39 is 0 Å². The maximum Gasteiger partial charge on any atom is 0.259 e. The van der Waals surface area contributed by atoms with Crippen molar-refractivity contribution in [2.75, 3.05) is 49.5 Å². The van der Waals surface area contributed by atoms with E-state index >= 15 is 0 Å². The fourth-order valence-electron chi connectivity index (χ4n) is 4.23. The van der Waals surface area contributed by atoms with Crippen LogP contribution in [0, 0.1) is 24.1 Å². The molecule has 1 aliphatic rings. The second kappa shape index (κ2) is 11.6. The molecule has 2 heterocycles. The number of hydrogen-bond donors (Lipinski definition) is 2. The third kappa shape index (κ3) is 5.84. The maximum absolute atomic E-state index is 13.2. The third-order valence-corrected chi connectivity index (χ3v) is 6.05. The molecule has 9 nitrogen and oxygen atoms in total. The molecule has 4 rings (SSSR count). The van der Waals surface area contributed by atoms with Crippen molar-refractivity contribution in [2.24, 2.45) is 0 Å². The standard InChI is InChI=1S/C25H27FN6O2.H2O/c1-18-23(17-28-32(18)22-6-3-20(26)4-7-22)25(34)29-21-5-8-24(19(15-21)16-27)31-10-2-9-30(11-12-31)13-14-33;/h3-8,15,17,33H,2,9-14H2,1H3,(H,29,34);1H2. The molecule has 4 N–H and O–H groups in total. The van der Waals surface area contributed by atoms with Gasteiger partial charge in [0.15, 0.2) is 0 Å². The van der Waals surface area contributed by atoms with Gasteiger partial charge in [0.05, 0.1) is 41.0 Å². The minimum absolute atomic E-state index is 0. The Kier molecular flexibility index (Phi) is 8.54. The highest BCUT2D eigenvalue weighted by atomic mass is 19.1. The van der Waals surface area contributed by atoms with Crippen LogP contribution >= 0.6 is 0 Å². The van der Waals surface area contributed by atoms with Crippen LogP contribution in [-0.4, -0.2) is 70.5 Å². The van der Waals surface area contributed by atoms with E-state index in [4.69, 9.17) is 0 Å². The zero-order chi connectivity index (χ0) is 24.1. The summed E-state index contributed by atoms with van der Waals surface area (Å²) in [6.07, 6.45) is 2.42. The average Bonchev–Trinajstić information content (AvgIpc) is 3.07. The molecule has 0 unspecified atom stereocenters. The molecule has 0 spiro atoms. The molecule has 1 amide bonds. The number of halogens is 1. The van der Waals surface area contributed by atoms with Crippen molar-refractivity contribution < 1.29 is 19.8 Å². The van der Waals surface area contributed by atoms with Crippen LogP contribution in [0.2, 0.25) is 0 Å². The second-order valence-corrected chi connectivity index (χ2v) is 8.24. The Morgan fingerprint density at radius 2 is 1.94 bits per heavy atom. The fraction of sp³-hybridized carbons (Fsp3) is 0.320. The minimum atomic E-state index is -0.342. The van der Waals surface area contributed by atoms with Gasteiger partial charge < -0.3 is 20.8 Å². The van der Waals surface area contributed by atoms with Crippen LogP contribution in [0.3, 0.4) is 0 Å². The molecule has 1 aliphatic heterocycles. The average molecular weight is 481 g/mol. The van der Waals surface area contributed by atoms with E-state index in [0.29, 0.717) is 34.7 Å². The lowest BCUT2D eigenvalue weighted by atomic mass is 10.1.